The Bertz CT molecular complexity index is 3720. The zero-order valence-corrected chi connectivity index (χ0v) is 46.7. The predicted molar refractivity (Wildman–Crippen MR) is 299 cm³/mol. The number of benzene rings is 4. The molecule has 0 saturated carbocycles. The van der Waals surface area contributed by atoms with Crippen molar-refractivity contribution in [1.82, 2.24) is 39.0 Å². The van der Waals surface area contributed by atoms with Crippen LogP contribution in [0.2, 0.25) is 0 Å². The molecule has 3 fully saturated rings. The molecule has 32 heteroatoms. The van der Waals surface area contributed by atoms with Crippen molar-refractivity contribution in [3.63, 3.8) is 0 Å². The van der Waals surface area contributed by atoms with Gasteiger partial charge >= 0.3 is 13.6 Å². The van der Waals surface area contributed by atoms with E-state index in [2.05, 4.69) is 29.9 Å². The predicted octanol–water partition coefficient (Wildman–Crippen LogP) is 9.72. The molecule has 9 heterocycles. The molecule has 4 aromatic carbocycles. The van der Waals surface area contributed by atoms with Gasteiger partial charge in [0.05, 0.1) is 35.7 Å². The van der Waals surface area contributed by atoms with E-state index < -0.39 is 109 Å². The maximum atomic E-state index is 17.9. The van der Waals surface area contributed by atoms with Crippen LogP contribution in [0.1, 0.15) is 44.3 Å². The van der Waals surface area contributed by atoms with Crippen LogP contribution in [0.5, 0.6) is 0 Å². The Morgan fingerprint density at radius 1 is 0.571 bits per heavy atom. The van der Waals surface area contributed by atoms with Gasteiger partial charge in [-0.05, 0) is 47.0 Å². The van der Waals surface area contributed by atoms with Crippen LogP contribution < -0.4 is 9.80 Å². The van der Waals surface area contributed by atoms with Gasteiger partial charge in [0.25, 0.3) is 23.2 Å². The molecule has 4 aromatic heterocycles. The number of anilines is 2. The highest BCUT2D eigenvalue weighted by Crippen LogP contribution is 2.67. The molecular weight excluding hydrogens is 1180 g/mol. The smallest absolute Gasteiger partial charge is 0.346 e. The van der Waals surface area contributed by atoms with Crippen molar-refractivity contribution in [3.05, 3.63) is 189 Å². The summed E-state index contributed by atoms with van der Waals surface area (Å²) >= 11 is 0.891. The van der Waals surface area contributed by atoms with Crippen molar-refractivity contribution in [1.29, 1.82) is 0 Å². The van der Waals surface area contributed by atoms with E-state index in [4.69, 9.17) is 27.6 Å². The van der Waals surface area contributed by atoms with Crippen molar-refractivity contribution in [2.45, 2.75) is 60.7 Å². The number of halogens is 2. The molecule has 432 valence electrons. The Morgan fingerprint density at radius 3 is 1.37 bits per heavy atom. The molecule has 0 unspecified atom stereocenters. The number of carbonyl (C=O) groups excluding carboxylic acids is 2. The zero-order chi connectivity index (χ0) is 58.3. The van der Waals surface area contributed by atoms with E-state index in [-0.39, 0.29) is 80.7 Å². The van der Waals surface area contributed by atoms with Crippen molar-refractivity contribution in [2.75, 3.05) is 36.1 Å². The van der Waals surface area contributed by atoms with E-state index in [1.165, 1.54) is 80.1 Å². The molecule has 2 amide bonds. The van der Waals surface area contributed by atoms with Crippen LogP contribution in [0.25, 0.3) is 22.3 Å². The summed E-state index contributed by atoms with van der Waals surface area (Å²) in [5.41, 5.74) is -0.242. The summed E-state index contributed by atoms with van der Waals surface area (Å²) in [4.78, 5) is 81.8. The lowest BCUT2D eigenvalue weighted by Gasteiger charge is -2.30. The largest absolute Gasteiger partial charge is 0.390 e. The van der Waals surface area contributed by atoms with Crippen LogP contribution in [-0.4, -0.2) is 124 Å². The normalized spacial score (nSPS) is 26.7. The Morgan fingerprint density at radius 2 is 0.964 bits per heavy atom. The molecule has 8 aromatic rings. The summed E-state index contributed by atoms with van der Waals surface area (Å²) < 4.78 is 107. The Hall–Kier alpha value is -7.76. The van der Waals surface area contributed by atoms with E-state index in [1.807, 2.05) is 0 Å². The highest BCUT2D eigenvalue weighted by molar-refractivity contribution is 8.55. The van der Waals surface area contributed by atoms with Crippen LogP contribution in [0.15, 0.2) is 147 Å². The second-order valence-electron chi connectivity index (χ2n) is 19.0. The Labute approximate surface area is 481 Å². The molecule has 14 bridgehead atoms. The third-order valence-corrected chi connectivity index (χ3v) is 21.2. The maximum absolute atomic E-state index is 17.9. The molecule has 0 radical (unpaired) electrons. The molecule has 13 rings (SSSR count). The first-order chi connectivity index (χ1) is 40.7. The van der Waals surface area contributed by atoms with E-state index >= 15 is 17.9 Å². The average molecular weight is 1230 g/mol. The first-order valence-electron chi connectivity index (χ1n) is 25.6. The fourth-order valence-electron chi connectivity index (χ4n) is 9.91. The van der Waals surface area contributed by atoms with Crippen LogP contribution >= 0.6 is 36.4 Å². The average Bonchev–Trinajstić information content (AvgIpc) is 2.84. The van der Waals surface area contributed by atoms with Gasteiger partial charge in [-0.1, -0.05) is 84.9 Å². The molecule has 10 atom stereocenters. The number of aromatic nitrogens is 8. The van der Waals surface area contributed by atoms with Crippen molar-refractivity contribution >= 4 is 93.5 Å². The lowest BCUT2D eigenvalue weighted by molar-refractivity contribution is -0.385. The van der Waals surface area contributed by atoms with Crippen LogP contribution in [0, 0.1) is 20.2 Å². The molecule has 0 aliphatic carbocycles. The summed E-state index contributed by atoms with van der Waals surface area (Å²) in [7, 11) is 0. The molecule has 5 aliphatic rings. The van der Waals surface area contributed by atoms with Gasteiger partial charge in [0, 0.05) is 59.0 Å². The fraction of sp³-hybridized carbons (Fsp3) is 0.269. The number of ether oxygens (including phenoxy) is 2. The number of fused-ring (bicyclic) bond motifs is 10. The van der Waals surface area contributed by atoms with Crippen LogP contribution in [-0.2, 0) is 48.2 Å². The van der Waals surface area contributed by atoms with Crippen molar-refractivity contribution < 1.29 is 64.9 Å². The summed E-state index contributed by atoms with van der Waals surface area (Å²) in [5, 5.41) is 24.3. The standard InChI is InChI=1S/C52H44F2N12O14P2S2/c53-39-43-37-23-75-82(74,84-26-34-18-8-10-20-36(34)66(71)72)80-44-38(24-76-81(73,79-43)83-25-33-17-7-9-19-35(33)65(69)70)78-52(40(44)54)64-30-60-42-46(56-28-58-48(42)64)62(50(68)32-15-5-2-6-16-32)22-12-11-21-61(49(67)31-13-3-1-4-14-31)45-41-47(57-27-55-45)63(29-59-41)51(39)77-37/h1-20,27-30,37-40,43-44,51-52H,21-26H2/b12-11-/t37-,38-,39-,40-,43-,44-,51-,52-,81-,82+/m1/s1. The van der Waals surface area contributed by atoms with Gasteiger partial charge in [-0.3, -0.25) is 66.8 Å². The zero-order valence-electron chi connectivity index (χ0n) is 43.3. The van der Waals surface area contributed by atoms with E-state index in [0.717, 1.165) is 12.7 Å². The first-order valence-corrected chi connectivity index (χ1v) is 31.9. The Balaban J connectivity index is 1.02. The number of nitrogens with zero attached hydrogens (tertiary/aromatic N) is 12. The topological polar surface area (TPSA) is 304 Å². The minimum absolute atomic E-state index is 0.0210. The number of nitro benzene ring substituents is 2. The SMILES string of the molecule is O=C(c1ccccc1)N1C/C=C\CN(C(=O)c2ccccc2)c2ncnc3c2ncn3[C@@H]2O[C@@H]3CO[P@](=O)(SCc4ccccc4[N+](=O)[O-])O[C@H]4[C@@H](F)[C@@H](O[C@@H]4CO[P@@](=O)(SCc4ccccc4[N+](=O)[O-])O[C@H]3[C@H]2F)n2cnc3c1ncnc32. The van der Waals surface area contributed by atoms with Gasteiger partial charge in [-0.15, -0.1) is 0 Å². The van der Waals surface area contributed by atoms with Gasteiger partial charge in [-0.2, -0.15) is 0 Å². The minimum atomic E-state index is -4.90. The molecule has 0 N–H and O–H groups in total. The first kappa shape index (κ1) is 56.7. The van der Waals surface area contributed by atoms with Gasteiger partial charge in [0.15, 0.2) is 58.8 Å². The Kier molecular flexibility index (Phi) is 16.0. The number of alkyl halides is 2. The number of para-hydroxylation sites is 2. The number of rotatable bonds is 10. The number of hydrogen-bond acceptors (Lipinski definition) is 22. The number of carbonyl (C=O) groups is 2. The summed E-state index contributed by atoms with van der Waals surface area (Å²) in [5.74, 6) is -1.99. The summed E-state index contributed by atoms with van der Waals surface area (Å²) in [6.07, 6.45) is -7.77. The highest BCUT2D eigenvalue weighted by atomic mass is 32.7. The van der Waals surface area contributed by atoms with Crippen molar-refractivity contribution in [2.24, 2.45) is 0 Å². The van der Waals surface area contributed by atoms with Crippen molar-refractivity contribution in [3.8, 4) is 0 Å². The van der Waals surface area contributed by atoms with E-state index in [1.54, 1.807) is 72.8 Å². The number of hydrogen-bond donors (Lipinski definition) is 0. The summed E-state index contributed by atoms with van der Waals surface area (Å²) in [6.45, 7) is -12.0. The van der Waals surface area contributed by atoms with Gasteiger partial charge in [0.2, 0.25) is 0 Å². The van der Waals surface area contributed by atoms with E-state index in [0.29, 0.717) is 22.8 Å². The maximum Gasteiger partial charge on any atom is 0.390 e. The molecule has 84 heavy (non-hydrogen) atoms. The molecule has 3 saturated heterocycles. The molecular formula is C52H44F2N12O14P2S2. The van der Waals surface area contributed by atoms with Gasteiger partial charge in [0.1, 0.15) is 37.1 Å². The monoisotopic (exact) mass is 1220 g/mol. The lowest BCUT2D eigenvalue weighted by atomic mass is 10.1. The second kappa shape index (κ2) is 23.7. The molecule has 5 aliphatic heterocycles. The number of amides is 2. The van der Waals surface area contributed by atoms with Gasteiger partial charge < -0.3 is 9.47 Å². The molecule has 26 nitrogen and oxygen atoms in total. The van der Waals surface area contributed by atoms with Crippen LogP contribution in [0.3, 0.4) is 0 Å². The highest BCUT2D eigenvalue weighted by Gasteiger charge is 2.56. The third kappa shape index (κ3) is 11.1. The second-order valence-corrected chi connectivity index (χ2v) is 27.1. The van der Waals surface area contributed by atoms with Gasteiger partial charge in [-0.25, -0.2) is 47.8 Å². The third-order valence-electron chi connectivity index (χ3n) is 14.0. The quantitative estimate of drug-likeness (QED) is 0.0532. The molecule has 0 spiro atoms. The lowest BCUT2D eigenvalue weighted by Crippen LogP contribution is -2.37. The number of nitro groups is 2. The fourth-order valence-corrected chi connectivity index (χ4v) is 16.7. The van der Waals surface area contributed by atoms with E-state index in [9.17, 15) is 29.8 Å². The van der Waals surface area contributed by atoms with Crippen LogP contribution in [0.4, 0.5) is 31.8 Å². The minimum Gasteiger partial charge on any atom is -0.346 e. The summed E-state index contributed by atoms with van der Waals surface area (Å²) in [6, 6.07) is 27.7. The number of imidazole rings is 2.